The Kier molecular flexibility index (Phi) is 5.45. The molecule has 2 aromatic carbocycles. The van der Waals surface area contributed by atoms with Crippen LogP contribution in [0.1, 0.15) is 24.9 Å². The molecule has 2 aromatic rings. The summed E-state index contributed by atoms with van der Waals surface area (Å²) in [7, 11) is 0. The van der Waals surface area contributed by atoms with E-state index in [1.54, 1.807) is 11.8 Å². The highest BCUT2D eigenvalue weighted by molar-refractivity contribution is 5.87. The molecule has 2 fully saturated rings. The molecular weight excluding hydrogens is 356 g/mol. The van der Waals surface area contributed by atoms with Crippen LogP contribution in [0.25, 0.3) is 10.8 Å². The minimum absolute atomic E-state index is 0.0822. The zero-order chi connectivity index (χ0) is 19.5. The maximum atomic E-state index is 12.9. The molecule has 2 saturated heterocycles. The Morgan fingerprint density at radius 1 is 1.00 bits per heavy atom. The minimum atomic E-state index is -0.300. The van der Waals surface area contributed by atoms with Gasteiger partial charge in [-0.05, 0) is 29.7 Å². The van der Waals surface area contributed by atoms with E-state index in [9.17, 15) is 9.59 Å². The van der Waals surface area contributed by atoms with Crippen molar-refractivity contribution in [1.29, 1.82) is 0 Å². The average molecular weight is 382 g/mol. The molecule has 0 bridgehead atoms. The Labute approximate surface area is 164 Å². The topological polar surface area (TPSA) is 73.9 Å². The number of hydrogen-bond donors (Lipinski definition) is 2. The standard InChI is InChI=1S/C21H26N4O3/c1-2-28-21(27)25-12-10-24(11-13-25)20(26)19-14-18(22-23-19)17-9-5-7-15-6-3-4-8-16(15)17/h3-9,18-19,22-23H,2,10-14H2,1H3. The van der Waals surface area contributed by atoms with Crippen molar-refractivity contribution in [2.45, 2.75) is 25.4 Å². The largest absolute Gasteiger partial charge is 0.450 e. The number of nitrogens with zero attached hydrogens (tertiary/aromatic N) is 2. The second kappa shape index (κ2) is 8.16. The van der Waals surface area contributed by atoms with Crippen molar-refractivity contribution < 1.29 is 14.3 Å². The van der Waals surface area contributed by atoms with E-state index in [0.29, 0.717) is 39.2 Å². The number of amides is 2. The summed E-state index contributed by atoms with van der Waals surface area (Å²) in [6.45, 7) is 4.26. The van der Waals surface area contributed by atoms with Gasteiger partial charge in [0.15, 0.2) is 0 Å². The van der Waals surface area contributed by atoms with Crippen LogP contribution in [-0.4, -0.2) is 60.6 Å². The zero-order valence-corrected chi connectivity index (χ0v) is 16.1. The van der Waals surface area contributed by atoms with E-state index in [4.69, 9.17) is 4.74 Å². The number of ether oxygens (including phenoxy) is 1. The Morgan fingerprint density at radius 2 is 1.71 bits per heavy atom. The lowest BCUT2D eigenvalue weighted by Crippen LogP contribution is -2.54. The first kappa shape index (κ1) is 18.7. The number of hydrazine groups is 1. The number of benzene rings is 2. The molecule has 2 aliphatic rings. The van der Waals surface area contributed by atoms with Gasteiger partial charge in [-0.1, -0.05) is 42.5 Å². The molecule has 2 N–H and O–H groups in total. The number of nitrogens with one attached hydrogen (secondary N) is 2. The van der Waals surface area contributed by atoms with Crippen LogP contribution < -0.4 is 10.9 Å². The smallest absolute Gasteiger partial charge is 0.409 e. The van der Waals surface area contributed by atoms with Gasteiger partial charge >= 0.3 is 6.09 Å². The van der Waals surface area contributed by atoms with Crippen LogP contribution in [-0.2, 0) is 9.53 Å². The van der Waals surface area contributed by atoms with Crippen molar-refractivity contribution in [1.82, 2.24) is 20.7 Å². The van der Waals surface area contributed by atoms with Crippen LogP contribution in [0.4, 0.5) is 4.79 Å². The van der Waals surface area contributed by atoms with E-state index in [2.05, 4.69) is 41.2 Å². The molecule has 0 aliphatic carbocycles. The second-order valence-corrected chi connectivity index (χ2v) is 7.21. The molecular formula is C21H26N4O3. The number of piperazine rings is 1. The fourth-order valence-corrected chi connectivity index (χ4v) is 4.02. The van der Waals surface area contributed by atoms with Crippen molar-refractivity contribution in [3.8, 4) is 0 Å². The first-order valence-electron chi connectivity index (χ1n) is 9.86. The molecule has 4 rings (SSSR count). The highest BCUT2D eigenvalue weighted by Crippen LogP contribution is 2.29. The quantitative estimate of drug-likeness (QED) is 0.850. The van der Waals surface area contributed by atoms with Crippen molar-refractivity contribution in [2.24, 2.45) is 0 Å². The summed E-state index contributed by atoms with van der Waals surface area (Å²) in [6, 6.07) is 14.4. The first-order chi connectivity index (χ1) is 13.7. The van der Waals surface area contributed by atoms with E-state index >= 15 is 0 Å². The molecule has 2 atom stereocenters. The molecule has 2 unspecified atom stereocenters. The third-order valence-corrected chi connectivity index (χ3v) is 5.52. The fraction of sp³-hybridized carbons (Fsp3) is 0.429. The molecule has 7 heteroatoms. The maximum Gasteiger partial charge on any atom is 0.409 e. The number of hydrogen-bond acceptors (Lipinski definition) is 5. The van der Waals surface area contributed by atoms with E-state index in [1.165, 1.54) is 16.3 Å². The summed E-state index contributed by atoms with van der Waals surface area (Å²) >= 11 is 0. The summed E-state index contributed by atoms with van der Waals surface area (Å²) in [5.41, 5.74) is 7.67. The van der Waals surface area contributed by atoms with Crippen LogP contribution in [0.15, 0.2) is 42.5 Å². The second-order valence-electron chi connectivity index (χ2n) is 7.21. The predicted molar refractivity (Wildman–Crippen MR) is 107 cm³/mol. The summed E-state index contributed by atoms with van der Waals surface area (Å²) in [5, 5.41) is 2.41. The summed E-state index contributed by atoms with van der Waals surface area (Å²) in [4.78, 5) is 28.2. The molecule has 28 heavy (non-hydrogen) atoms. The van der Waals surface area contributed by atoms with Gasteiger partial charge in [0.1, 0.15) is 6.04 Å². The molecule has 148 valence electrons. The Balaban J connectivity index is 1.38. The SMILES string of the molecule is CCOC(=O)N1CCN(C(=O)C2CC(c3cccc4ccccc34)NN2)CC1. The molecule has 2 amide bonds. The van der Waals surface area contributed by atoms with Crippen molar-refractivity contribution >= 4 is 22.8 Å². The van der Waals surface area contributed by atoms with Gasteiger partial charge < -0.3 is 14.5 Å². The van der Waals surface area contributed by atoms with E-state index in [-0.39, 0.29) is 24.1 Å². The lowest BCUT2D eigenvalue weighted by molar-refractivity contribution is -0.134. The molecule has 2 heterocycles. The van der Waals surface area contributed by atoms with Gasteiger partial charge in [-0.2, -0.15) is 0 Å². The monoisotopic (exact) mass is 382 g/mol. The number of carbonyl (C=O) groups is 2. The predicted octanol–water partition coefficient (Wildman–Crippen LogP) is 2.05. The highest BCUT2D eigenvalue weighted by atomic mass is 16.6. The third-order valence-electron chi connectivity index (χ3n) is 5.52. The van der Waals surface area contributed by atoms with Crippen LogP contribution in [0.3, 0.4) is 0 Å². The van der Waals surface area contributed by atoms with Gasteiger partial charge in [0.2, 0.25) is 5.91 Å². The van der Waals surface area contributed by atoms with Crippen LogP contribution >= 0.6 is 0 Å². The van der Waals surface area contributed by atoms with Crippen LogP contribution in [0.5, 0.6) is 0 Å². The molecule has 0 radical (unpaired) electrons. The fourth-order valence-electron chi connectivity index (χ4n) is 4.02. The van der Waals surface area contributed by atoms with Crippen LogP contribution in [0, 0.1) is 0 Å². The zero-order valence-electron chi connectivity index (χ0n) is 16.1. The first-order valence-corrected chi connectivity index (χ1v) is 9.86. The Bertz CT molecular complexity index is 858. The van der Waals surface area contributed by atoms with Gasteiger partial charge in [-0.15, -0.1) is 0 Å². The maximum absolute atomic E-state index is 12.9. The van der Waals surface area contributed by atoms with E-state index in [0.717, 1.165) is 0 Å². The van der Waals surface area contributed by atoms with Gasteiger partial charge in [0.05, 0.1) is 6.61 Å². The van der Waals surface area contributed by atoms with E-state index < -0.39 is 0 Å². The number of carbonyl (C=O) groups excluding carboxylic acids is 2. The lowest BCUT2D eigenvalue weighted by atomic mass is 9.96. The summed E-state index contributed by atoms with van der Waals surface area (Å²) in [6.07, 6.45) is 0.400. The van der Waals surface area contributed by atoms with E-state index in [1.807, 2.05) is 17.0 Å². The van der Waals surface area contributed by atoms with Crippen molar-refractivity contribution in [3.05, 3.63) is 48.0 Å². The normalized spacial score (nSPS) is 22.5. The average Bonchev–Trinajstić information content (AvgIpc) is 3.23. The van der Waals surface area contributed by atoms with Gasteiger partial charge in [0.25, 0.3) is 0 Å². The summed E-state index contributed by atoms with van der Waals surface area (Å²) in [5.74, 6) is 0.0822. The molecule has 7 nitrogen and oxygen atoms in total. The Morgan fingerprint density at radius 3 is 2.50 bits per heavy atom. The van der Waals surface area contributed by atoms with Crippen molar-refractivity contribution in [2.75, 3.05) is 32.8 Å². The van der Waals surface area contributed by atoms with Gasteiger partial charge in [-0.3, -0.25) is 4.79 Å². The van der Waals surface area contributed by atoms with Gasteiger partial charge in [0, 0.05) is 32.2 Å². The third kappa shape index (κ3) is 3.68. The van der Waals surface area contributed by atoms with Crippen molar-refractivity contribution in [3.63, 3.8) is 0 Å². The summed E-state index contributed by atoms with van der Waals surface area (Å²) < 4.78 is 5.04. The molecule has 0 saturated carbocycles. The minimum Gasteiger partial charge on any atom is -0.450 e. The number of fused-ring (bicyclic) bond motifs is 1. The van der Waals surface area contributed by atoms with Crippen LogP contribution in [0.2, 0.25) is 0 Å². The molecule has 0 aromatic heterocycles. The van der Waals surface area contributed by atoms with Gasteiger partial charge in [-0.25, -0.2) is 15.6 Å². The molecule has 0 spiro atoms. The lowest BCUT2D eigenvalue weighted by Gasteiger charge is -2.35. The number of rotatable bonds is 3. The molecule has 2 aliphatic heterocycles. The Hall–Kier alpha value is -2.64. The highest BCUT2D eigenvalue weighted by Gasteiger charge is 2.35.